The largest absolute Gasteiger partial charge is 0.477 e. The SMILES string of the molecule is Cc1cc(S(=O)(=O)NCCNC(=O)C2CC2)sc1C(=O)O. The van der Waals surface area contributed by atoms with E-state index in [1.165, 1.54) is 6.07 Å². The number of thiophene rings is 1. The number of carboxylic acids is 1. The fourth-order valence-electron chi connectivity index (χ4n) is 1.73. The maximum atomic E-state index is 12.0. The molecule has 0 spiro atoms. The Bertz CT molecular complexity index is 661. The molecule has 0 aliphatic heterocycles. The molecule has 116 valence electrons. The van der Waals surface area contributed by atoms with E-state index in [9.17, 15) is 18.0 Å². The zero-order valence-corrected chi connectivity index (χ0v) is 13.0. The van der Waals surface area contributed by atoms with E-state index >= 15 is 0 Å². The van der Waals surface area contributed by atoms with Gasteiger partial charge in [-0.2, -0.15) is 0 Å². The van der Waals surface area contributed by atoms with Gasteiger partial charge in [0, 0.05) is 19.0 Å². The third kappa shape index (κ3) is 4.02. The van der Waals surface area contributed by atoms with E-state index in [0.717, 1.165) is 12.8 Å². The van der Waals surface area contributed by atoms with Gasteiger partial charge in [0.05, 0.1) is 0 Å². The normalized spacial score (nSPS) is 14.9. The summed E-state index contributed by atoms with van der Waals surface area (Å²) in [5.74, 6) is -1.11. The van der Waals surface area contributed by atoms with Crippen molar-refractivity contribution in [1.29, 1.82) is 0 Å². The highest BCUT2D eigenvalue weighted by molar-refractivity contribution is 7.91. The molecular weight excluding hydrogens is 316 g/mol. The van der Waals surface area contributed by atoms with Crippen molar-refractivity contribution >= 4 is 33.2 Å². The number of hydrogen-bond acceptors (Lipinski definition) is 5. The highest BCUT2D eigenvalue weighted by Gasteiger charge is 2.29. The molecule has 1 heterocycles. The number of hydrogen-bond donors (Lipinski definition) is 3. The van der Waals surface area contributed by atoms with Crippen molar-refractivity contribution in [2.75, 3.05) is 13.1 Å². The molecule has 9 heteroatoms. The Labute approximate surface area is 126 Å². The van der Waals surface area contributed by atoms with Gasteiger partial charge in [0.25, 0.3) is 0 Å². The summed E-state index contributed by atoms with van der Waals surface area (Å²) in [5.41, 5.74) is 0.412. The van der Waals surface area contributed by atoms with Crippen LogP contribution in [0.4, 0.5) is 0 Å². The highest BCUT2D eigenvalue weighted by atomic mass is 32.2. The molecule has 7 nitrogen and oxygen atoms in total. The van der Waals surface area contributed by atoms with E-state index in [0.29, 0.717) is 16.9 Å². The molecule has 1 aliphatic carbocycles. The van der Waals surface area contributed by atoms with Gasteiger partial charge in [0.15, 0.2) is 0 Å². The van der Waals surface area contributed by atoms with Crippen LogP contribution in [-0.2, 0) is 14.8 Å². The number of carboxylic acid groups (broad SMARTS) is 1. The molecule has 0 radical (unpaired) electrons. The van der Waals surface area contributed by atoms with Crippen LogP contribution in [0.25, 0.3) is 0 Å². The summed E-state index contributed by atoms with van der Waals surface area (Å²) < 4.78 is 26.3. The van der Waals surface area contributed by atoms with E-state index in [2.05, 4.69) is 10.0 Å². The maximum absolute atomic E-state index is 12.0. The Morgan fingerprint density at radius 1 is 1.38 bits per heavy atom. The van der Waals surface area contributed by atoms with Crippen LogP contribution >= 0.6 is 11.3 Å². The first kappa shape index (κ1) is 15.9. The van der Waals surface area contributed by atoms with Crippen LogP contribution < -0.4 is 10.0 Å². The maximum Gasteiger partial charge on any atom is 0.346 e. The summed E-state index contributed by atoms with van der Waals surface area (Å²) >= 11 is 0.716. The monoisotopic (exact) mass is 332 g/mol. The molecule has 3 N–H and O–H groups in total. The van der Waals surface area contributed by atoms with E-state index in [4.69, 9.17) is 5.11 Å². The van der Waals surface area contributed by atoms with E-state index in [1.807, 2.05) is 0 Å². The average Bonchev–Trinajstić information content (AvgIpc) is 3.16. The van der Waals surface area contributed by atoms with Crippen LogP contribution in [0.3, 0.4) is 0 Å². The number of sulfonamides is 1. The number of aryl methyl sites for hydroxylation is 1. The van der Waals surface area contributed by atoms with Crippen LogP contribution in [0, 0.1) is 12.8 Å². The lowest BCUT2D eigenvalue weighted by Crippen LogP contribution is -2.35. The predicted octanol–water partition coefficient (Wildman–Crippen LogP) is 0.559. The van der Waals surface area contributed by atoms with Gasteiger partial charge in [-0.05, 0) is 31.4 Å². The van der Waals surface area contributed by atoms with Crippen molar-refractivity contribution in [2.24, 2.45) is 5.92 Å². The van der Waals surface area contributed by atoms with Gasteiger partial charge in [0.2, 0.25) is 15.9 Å². The van der Waals surface area contributed by atoms with E-state index < -0.39 is 16.0 Å². The lowest BCUT2D eigenvalue weighted by Gasteiger charge is -2.06. The van der Waals surface area contributed by atoms with Crippen LogP contribution in [-0.4, -0.2) is 38.5 Å². The number of carbonyl (C=O) groups is 2. The predicted molar refractivity (Wildman–Crippen MR) is 76.9 cm³/mol. The van der Waals surface area contributed by atoms with Gasteiger partial charge in [-0.3, -0.25) is 4.79 Å². The number of carbonyl (C=O) groups excluding carboxylic acids is 1. The molecule has 1 aromatic rings. The molecule has 0 saturated heterocycles. The Morgan fingerprint density at radius 3 is 2.57 bits per heavy atom. The Kier molecular flexibility index (Phi) is 4.64. The zero-order valence-electron chi connectivity index (χ0n) is 11.4. The molecule has 0 aromatic carbocycles. The van der Waals surface area contributed by atoms with Crippen molar-refractivity contribution < 1.29 is 23.1 Å². The van der Waals surface area contributed by atoms with Crippen molar-refractivity contribution in [3.8, 4) is 0 Å². The quantitative estimate of drug-likeness (QED) is 0.632. The van der Waals surface area contributed by atoms with Crippen molar-refractivity contribution in [3.63, 3.8) is 0 Å². The summed E-state index contributed by atoms with van der Waals surface area (Å²) in [4.78, 5) is 22.3. The smallest absolute Gasteiger partial charge is 0.346 e. The Hall–Kier alpha value is -1.45. The topological polar surface area (TPSA) is 113 Å². The second-order valence-corrected chi connectivity index (χ2v) is 7.89. The fourth-order valence-corrected chi connectivity index (χ4v) is 4.18. The van der Waals surface area contributed by atoms with Gasteiger partial charge < -0.3 is 10.4 Å². The first-order valence-electron chi connectivity index (χ1n) is 6.42. The van der Waals surface area contributed by atoms with Gasteiger partial charge in [0.1, 0.15) is 9.09 Å². The third-order valence-electron chi connectivity index (χ3n) is 3.02. The van der Waals surface area contributed by atoms with Gasteiger partial charge in [-0.15, -0.1) is 11.3 Å². The Morgan fingerprint density at radius 2 is 2.05 bits per heavy atom. The second-order valence-electron chi connectivity index (χ2n) is 4.85. The van der Waals surface area contributed by atoms with E-state index in [-0.39, 0.29) is 34.0 Å². The molecular formula is C12H16N2O5S2. The van der Waals surface area contributed by atoms with Crippen molar-refractivity contribution in [3.05, 3.63) is 16.5 Å². The van der Waals surface area contributed by atoms with Crippen molar-refractivity contribution in [2.45, 2.75) is 24.0 Å². The molecule has 0 unspecified atom stereocenters. The minimum Gasteiger partial charge on any atom is -0.477 e. The fraction of sp³-hybridized carbons (Fsp3) is 0.500. The van der Waals surface area contributed by atoms with Crippen molar-refractivity contribution in [1.82, 2.24) is 10.0 Å². The van der Waals surface area contributed by atoms with E-state index in [1.54, 1.807) is 6.92 Å². The van der Waals surface area contributed by atoms with Crippen LogP contribution in [0.15, 0.2) is 10.3 Å². The number of rotatable bonds is 7. The second kappa shape index (κ2) is 6.12. The zero-order chi connectivity index (χ0) is 15.6. The first-order chi connectivity index (χ1) is 9.81. The molecule has 0 atom stereocenters. The molecule has 2 rings (SSSR count). The molecule has 1 amide bonds. The molecule has 21 heavy (non-hydrogen) atoms. The minimum absolute atomic E-state index is 0.0115. The number of aromatic carboxylic acids is 1. The standard InChI is InChI=1S/C12H16N2O5S2/c1-7-6-9(20-10(7)12(16)17)21(18,19)14-5-4-13-11(15)8-2-3-8/h6,8,14H,2-5H2,1H3,(H,13,15)(H,16,17). The van der Waals surface area contributed by atoms with Gasteiger partial charge >= 0.3 is 5.97 Å². The average molecular weight is 332 g/mol. The lowest BCUT2D eigenvalue weighted by molar-refractivity contribution is -0.122. The van der Waals surface area contributed by atoms with Gasteiger partial charge in [-0.25, -0.2) is 17.9 Å². The summed E-state index contributed by atoms with van der Waals surface area (Å²) in [6, 6.07) is 1.33. The highest BCUT2D eigenvalue weighted by Crippen LogP contribution is 2.28. The molecule has 1 saturated carbocycles. The summed E-state index contributed by atoms with van der Waals surface area (Å²) in [6.45, 7) is 1.83. The third-order valence-corrected chi connectivity index (χ3v) is 6.18. The van der Waals surface area contributed by atoms with Crippen LogP contribution in [0.5, 0.6) is 0 Å². The minimum atomic E-state index is -3.74. The first-order valence-corrected chi connectivity index (χ1v) is 8.72. The summed E-state index contributed by atoms with van der Waals surface area (Å²) in [5, 5.41) is 11.6. The molecule has 1 fully saturated rings. The van der Waals surface area contributed by atoms with Crippen LogP contribution in [0.2, 0.25) is 0 Å². The lowest BCUT2D eigenvalue weighted by atomic mass is 10.3. The summed E-state index contributed by atoms with van der Waals surface area (Å²) in [7, 11) is -3.74. The summed E-state index contributed by atoms with van der Waals surface area (Å²) in [6.07, 6.45) is 1.79. The Balaban J connectivity index is 1.90. The van der Waals surface area contributed by atoms with Crippen LogP contribution in [0.1, 0.15) is 28.1 Å². The number of amides is 1. The molecule has 1 aliphatic rings. The molecule has 1 aromatic heterocycles. The molecule has 0 bridgehead atoms. The number of nitrogens with one attached hydrogen (secondary N) is 2. The van der Waals surface area contributed by atoms with Gasteiger partial charge in [-0.1, -0.05) is 0 Å².